The molecule has 9 heteroatoms. The molecule has 0 radical (unpaired) electrons. The first-order chi connectivity index (χ1) is 14.4. The highest BCUT2D eigenvalue weighted by molar-refractivity contribution is 6.33. The van der Waals surface area contributed by atoms with Crippen LogP contribution in [0.5, 0.6) is 11.5 Å². The van der Waals surface area contributed by atoms with Gasteiger partial charge in [0.2, 0.25) is 5.95 Å². The first kappa shape index (κ1) is 20.7. The standard InChI is InChI=1S/C21H25ClN4O4/c1-21(2)12-14-4-3-5-16(18(14)30-21)29-9-6-23-19(27)17-15(22)13-24-20(25-17)26-7-10-28-11-8-26/h3-5,13H,6-12H2,1-2H3,(H,23,27). The van der Waals surface area contributed by atoms with Crippen molar-refractivity contribution in [2.75, 3.05) is 44.4 Å². The van der Waals surface area contributed by atoms with E-state index in [4.69, 9.17) is 25.8 Å². The molecule has 2 aromatic rings. The number of halogens is 1. The molecule has 1 aromatic carbocycles. The molecule has 1 N–H and O–H groups in total. The van der Waals surface area contributed by atoms with Crippen molar-refractivity contribution in [3.05, 3.63) is 40.7 Å². The first-order valence-corrected chi connectivity index (χ1v) is 10.4. The van der Waals surface area contributed by atoms with Crippen molar-refractivity contribution in [2.45, 2.75) is 25.9 Å². The van der Waals surface area contributed by atoms with Gasteiger partial charge in [-0.15, -0.1) is 0 Å². The maximum absolute atomic E-state index is 12.6. The smallest absolute Gasteiger partial charge is 0.271 e. The number of carbonyl (C=O) groups excluding carboxylic acids is 1. The number of hydrogen-bond acceptors (Lipinski definition) is 7. The monoisotopic (exact) mass is 432 g/mol. The number of para-hydroxylation sites is 1. The second-order valence-electron chi connectivity index (χ2n) is 7.85. The molecule has 0 spiro atoms. The Morgan fingerprint density at radius 1 is 1.33 bits per heavy atom. The SMILES string of the molecule is CC1(C)Cc2cccc(OCCNC(=O)c3nc(N4CCOCC4)ncc3Cl)c2O1. The summed E-state index contributed by atoms with van der Waals surface area (Å²) in [6.45, 7) is 7.27. The van der Waals surface area contributed by atoms with Crippen molar-refractivity contribution < 1.29 is 19.0 Å². The van der Waals surface area contributed by atoms with E-state index in [1.165, 1.54) is 6.20 Å². The van der Waals surface area contributed by atoms with Gasteiger partial charge in [-0.2, -0.15) is 0 Å². The van der Waals surface area contributed by atoms with Crippen LogP contribution in [0.2, 0.25) is 5.02 Å². The average Bonchev–Trinajstić information content (AvgIpc) is 3.06. The number of ether oxygens (including phenoxy) is 3. The van der Waals surface area contributed by atoms with Crippen molar-refractivity contribution in [2.24, 2.45) is 0 Å². The number of benzene rings is 1. The molecule has 160 valence electrons. The molecule has 2 aliphatic rings. The molecule has 8 nitrogen and oxygen atoms in total. The van der Waals surface area contributed by atoms with E-state index in [1.54, 1.807) is 0 Å². The predicted octanol–water partition coefficient (Wildman–Crippen LogP) is 2.49. The lowest BCUT2D eigenvalue weighted by Gasteiger charge is -2.26. The minimum atomic E-state index is -0.365. The maximum atomic E-state index is 12.6. The van der Waals surface area contributed by atoms with Gasteiger partial charge in [-0.05, 0) is 19.9 Å². The first-order valence-electron chi connectivity index (χ1n) is 10.00. The van der Waals surface area contributed by atoms with Gasteiger partial charge in [0.1, 0.15) is 12.2 Å². The van der Waals surface area contributed by atoms with Crippen LogP contribution in [-0.2, 0) is 11.2 Å². The Morgan fingerprint density at radius 2 is 2.13 bits per heavy atom. The van der Waals surface area contributed by atoms with E-state index < -0.39 is 0 Å². The molecule has 3 heterocycles. The molecule has 0 aliphatic carbocycles. The lowest BCUT2D eigenvalue weighted by atomic mass is 10.0. The van der Waals surface area contributed by atoms with Crippen LogP contribution < -0.4 is 19.7 Å². The van der Waals surface area contributed by atoms with Gasteiger partial charge in [-0.1, -0.05) is 23.7 Å². The van der Waals surface area contributed by atoms with Gasteiger partial charge < -0.3 is 24.4 Å². The quantitative estimate of drug-likeness (QED) is 0.702. The summed E-state index contributed by atoms with van der Waals surface area (Å²) in [6, 6.07) is 5.87. The van der Waals surface area contributed by atoms with Crippen molar-refractivity contribution in [1.29, 1.82) is 0 Å². The summed E-state index contributed by atoms with van der Waals surface area (Å²) < 4.78 is 17.2. The fourth-order valence-electron chi connectivity index (χ4n) is 3.54. The highest BCUT2D eigenvalue weighted by Crippen LogP contribution is 2.41. The van der Waals surface area contributed by atoms with E-state index in [-0.39, 0.29) is 22.2 Å². The Balaban J connectivity index is 1.33. The highest BCUT2D eigenvalue weighted by atomic mass is 35.5. The largest absolute Gasteiger partial charge is 0.488 e. The minimum Gasteiger partial charge on any atom is -0.488 e. The fraction of sp³-hybridized carbons (Fsp3) is 0.476. The number of aromatic nitrogens is 2. The molecule has 4 rings (SSSR count). The molecule has 1 fully saturated rings. The third kappa shape index (κ3) is 4.60. The second-order valence-corrected chi connectivity index (χ2v) is 8.26. The van der Waals surface area contributed by atoms with E-state index >= 15 is 0 Å². The van der Waals surface area contributed by atoms with E-state index in [2.05, 4.69) is 15.3 Å². The minimum absolute atomic E-state index is 0.152. The Hall–Kier alpha value is -2.58. The number of carbonyl (C=O) groups is 1. The number of amides is 1. The Bertz CT molecular complexity index is 931. The molecule has 0 unspecified atom stereocenters. The zero-order chi connectivity index (χ0) is 21.1. The lowest BCUT2D eigenvalue weighted by molar-refractivity contribution is 0.0941. The van der Waals surface area contributed by atoms with Crippen molar-refractivity contribution in [3.63, 3.8) is 0 Å². The summed E-state index contributed by atoms with van der Waals surface area (Å²) >= 11 is 6.15. The van der Waals surface area contributed by atoms with Gasteiger partial charge in [0.15, 0.2) is 17.2 Å². The van der Waals surface area contributed by atoms with Gasteiger partial charge in [-0.25, -0.2) is 9.97 Å². The molecule has 30 heavy (non-hydrogen) atoms. The van der Waals surface area contributed by atoms with E-state index in [0.717, 1.165) is 17.7 Å². The van der Waals surface area contributed by atoms with Crippen molar-refractivity contribution in [1.82, 2.24) is 15.3 Å². The zero-order valence-electron chi connectivity index (χ0n) is 17.1. The number of morpholine rings is 1. The van der Waals surface area contributed by atoms with Crippen LogP contribution in [0.15, 0.2) is 24.4 Å². The van der Waals surface area contributed by atoms with Crippen LogP contribution in [0.4, 0.5) is 5.95 Å². The van der Waals surface area contributed by atoms with E-state index in [9.17, 15) is 4.79 Å². The third-order valence-corrected chi connectivity index (χ3v) is 5.22. The number of nitrogens with zero attached hydrogens (tertiary/aromatic N) is 3. The van der Waals surface area contributed by atoms with Gasteiger partial charge in [0.05, 0.1) is 31.0 Å². The van der Waals surface area contributed by atoms with Crippen molar-refractivity contribution in [3.8, 4) is 11.5 Å². The van der Waals surface area contributed by atoms with Gasteiger partial charge in [-0.3, -0.25) is 4.79 Å². The summed E-state index contributed by atoms with van der Waals surface area (Å²) in [5.41, 5.74) is 1.04. The molecule has 2 aliphatic heterocycles. The summed E-state index contributed by atoms with van der Waals surface area (Å²) in [4.78, 5) is 23.1. The number of nitrogens with one attached hydrogen (secondary N) is 1. The molecule has 1 saturated heterocycles. The third-order valence-electron chi connectivity index (χ3n) is 4.94. The molecule has 1 amide bonds. The molecule has 0 atom stereocenters. The molecular weight excluding hydrogens is 408 g/mol. The Labute approximate surface area is 180 Å². The summed E-state index contributed by atoms with van der Waals surface area (Å²) in [5, 5.41) is 3.01. The highest BCUT2D eigenvalue weighted by Gasteiger charge is 2.32. The van der Waals surface area contributed by atoms with Crippen LogP contribution in [0.25, 0.3) is 0 Å². The van der Waals surface area contributed by atoms with E-state index in [0.29, 0.717) is 51.2 Å². The van der Waals surface area contributed by atoms with Crippen LogP contribution in [-0.4, -0.2) is 60.9 Å². The number of anilines is 1. The predicted molar refractivity (Wildman–Crippen MR) is 113 cm³/mol. The van der Waals surface area contributed by atoms with Crippen LogP contribution >= 0.6 is 11.6 Å². The topological polar surface area (TPSA) is 85.8 Å². The average molecular weight is 433 g/mol. The van der Waals surface area contributed by atoms with Gasteiger partial charge in [0.25, 0.3) is 5.91 Å². The normalized spacial score (nSPS) is 17.2. The molecular formula is C21H25ClN4O4. The zero-order valence-corrected chi connectivity index (χ0v) is 17.9. The van der Waals surface area contributed by atoms with Crippen molar-refractivity contribution >= 4 is 23.5 Å². The van der Waals surface area contributed by atoms with E-state index in [1.807, 2.05) is 36.9 Å². The lowest BCUT2D eigenvalue weighted by Crippen LogP contribution is -2.38. The Kier molecular flexibility index (Phi) is 5.97. The number of rotatable bonds is 6. The molecule has 0 bridgehead atoms. The number of hydrogen-bond donors (Lipinski definition) is 1. The van der Waals surface area contributed by atoms with Crippen LogP contribution in [0, 0.1) is 0 Å². The summed E-state index contributed by atoms with van der Waals surface area (Å²) in [7, 11) is 0. The summed E-state index contributed by atoms with van der Waals surface area (Å²) in [5.74, 6) is 1.57. The van der Waals surface area contributed by atoms with Gasteiger partial charge in [0, 0.05) is 25.1 Å². The van der Waals surface area contributed by atoms with Gasteiger partial charge >= 0.3 is 0 Å². The van der Waals surface area contributed by atoms with Crippen LogP contribution in [0.3, 0.4) is 0 Å². The maximum Gasteiger partial charge on any atom is 0.271 e. The Morgan fingerprint density at radius 3 is 2.93 bits per heavy atom. The van der Waals surface area contributed by atoms with Crippen LogP contribution in [0.1, 0.15) is 29.9 Å². The molecule has 0 saturated carbocycles. The second kappa shape index (κ2) is 8.65. The number of fused-ring (bicyclic) bond motifs is 1. The summed E-state index contributed by atoms with van der Waals surface area (Å²) in [6.07, 6.45) is 2.30. The fourth-order valence-corrected chi connectivity index (χ4v) is 3.72. The molecule has 1 aromatic heterocycles.